The second kappa shape index (κ2) is 10.9. The van der Waals surface area contributed by atoms with Crippen molar-refractivity contribution in [3.8, 4) is 11.1 Å². The van der Waals surface area contributed by atoms with Crippen molar-refractivity contribution in [2.45, 2.75) is 31.8 Å². The molecule has 0 bridgehead atoms. The highest BCUT2D eigenvalue weighted by Crippen LogP contribution is 2.26. The Labute approximate surface area is 181 Å². The SMILES string of the molecule is O=C(NO)C(CCCC(O)c1ccc(-c2ccc(Cl)cc2)cc1)Cc1ccncc1. The van der Waals surface area contributed by atoms with Gasteiger partial charge in [0.25, 0.3) is 0 Å². The van der Waals surface area contributed by atoms with Crippen LogP contribution in [0.25, 0.3) is 11.1 Å². The van der Waals surface area contributed by atoms with Crippen LogP contribution in [0.1, 0.15) is 36.5 Å². The van der Waals surface area contributed by atoms with Gasteiger partial charge in [0.2, 0.25) is 5.91 Å². The van der Waals surface area contributed by atoms with Crippen molar-refractivity contribution in [1.29, 1.82) is 0 Å². The zero-order valence-electron chi connectivity index (χ0n) is 16.5. The van der Waals surface area contributed by atoms with E-state index in [0.29, 0.717) is 30.7 Å². The van der Waals surface area contributed by atoms with Crippen LogP contribution >= 0.6 is 11.6 Å². The number of hydrogen-bond donors (Lipinski definition) is 3. The highest BCUT2D eigenvalue weighted by Gasteiger charge is 2.19. The van der Waals surface area contributed by atoms with Gasteiger partial charge in [0, 0.05) is 23.3 Å². The number of carbonyl (C=O) groups excluding carboxylic acids is 1. The van der Waals surface area contributed by atoms with Crippen molar-refractivity contribution in [3.05, 3.63) is 89.2 Å². The van der Waals surface area contributed by atoms with Gasteiger partial charge in [0.05, 0.1) is 6.10 Å². The fourth-order valence-electron chi connectivity index (χ4n) is 3.48. The number of aliphatic hydroxyl groups excluding tert-OH is 1. The molecule has 0 fully saturated rings. The molecule has 30 heavy (non-hydrogen) atoms. The smallest absolute Gasteiger partial charge is 0.246 e. The van der Waals surface area contributed by atoms with Crippen LogP contribution in [-0.4, -0.2) is 21.2 Å². The number of benzene rings is 2. The van der Waals surface area contributed by atoms with Gasteiger partial charge >= 0.3 is 0 Å². The molecule has 3 N–H and O–H groups in total. The first-order chi connectivity index (χ1) is 14.6. The molecule has 156 valence electrons. The first-order valence-electron chi connectivity index (χ1n) is 9.93. The lowest BCUT2D eigenvalue weighted by Gasteiger charge is -2.17. The number of hydrogen-bond acceptors (Lipinski definition) is 4. The highest BCUT2D eigenvalue weighted by atomic mass is 35.5. The number of nitrogens with zero attached hydrogens (tertiary/aromatic N) is 1. The molecule has 0 aliphatic rings. The molecule has 6 heteroatoms. The van der Waals surface area contributed by atoms with E-state index in [1.54, 1.807) is 17.9 Å². The molecule has 2 aromatic carbocycles. The molecule has 1 heterocycles. The molecular formula is C24H25ClN2O3. The molecular weight excluding hydrogens is 400 g/mol. The summed E-state index contributed by atoms with van der Waals surface area (Å²) in [4.78, 5) is 16.0. The molecule has 0 saturated heterocycles. The van der Waals surface area contributed by atoms with Gasteiger partial charge < -0.3 is 5.11 Å². The first kappa shape index (κ1) is 22.0. The maximum Gasteiger partial charge on any atom is 0.246 e. The molecule has 0 saturated carbocycles. The standard InChI is InChI=1S/C24H25ClN2O3/c25-22-10-8-19(9-11-22)18-4-6-20(7-5-18)23(28)3-1-2-21(24(29)27-30)16-17-12-14-26-15-13-17/h4-15,21,23,28,30H,1-3,16H2,(H,27,29). The number of pyridine rings is 1. The molecule has 0 aliphatic carbocycles. The van der Waals surface area contributed by atoms with Gasteiger partial charge in [-0.05, 0) is 72.2 Å². The minimum absolute atomic E-state index is 0.364. The van der Waals surface area contributed by atoms with Gasteiger partial charge in [0.15, 0.2) is 0 Å². The van der Waals surface area contributed by atoms with E-state index in [1.165, 1.54) is 0 Å². The molecule has 1 amide bonds. The summed E-state index contributed by atoms with van der Waals surface area (Å²) >= 11 is 5.94. The summed E-state index contributed by atoms with van der Waals surface area (Å²) in [6, 6.07) is 19.1. The van der Waals surface area contributed by atoms with Crippen LogP contribution in [-0.2, 0) is 11.2 Å². The molecule has 5 nitrogen and oxygen atoms in total. The van der Waals surface area contributed by atoms with Crippen molar-refractivity contribution in [2.75, 3.05) is 0 Å². The Morgan fingerprint density at radius 3 is 2.13 bits per heavy atom. The summed E-state index contributed by atoms with van der Waals surface area (Å²) in [5.41, 5.74) is 5.70. The van der Waals surface area contributed by atoms with Crippen LogP contribution in [0.3, 0.4) is 0 Å². The quantitative estimate of drug-likeness (QED) is 0.334. The number of halogens is 1. The zero-order chi connectivity index (χ0) is 21.3. The molecule has 0 spiro atoms. The van der Waals surface area contributed by atoms with Crippen LogP contribution in [0.2, 0.25) is 5.02 Å². The first-order valence-corrected chi connectivity index (χ1v) is 10.3. The molecule has 2 atom stereocenters. The normalized spacial score (nSPS) is 12.9. The van der Waals surface area contributed by atoms with Gasteiger partial charge in [-0.3, -0.25) is 15.0 Å². The Hall–Kier alpha value is -2.73. The summed E-state index contributed by atoms with van der Waals surface area (Å²) < 4.78 is 0. The van der Waals surface area contributed by atoms with E-state index in [2.05, 4.69) is 4.98 Å². The Balaban J connectivity index is 1.55. The van der Waals surface area contributed by atoms with Gasteiger partial charge in [-0.2, -0.15) is 0 Å². The molecule has 3 aromatic rings. The summed E-state index contributed by atoms with van der Waals surface area (Å²) in [7, 11) is 0. The summed E-state index contributed by atoms with van der Waals surface area (Å²) in [5, 5.41) is 20.3. The second-order valence-electron chi connectivity index (χ2n) is 7.31. The highest BCUT2D eigenvalue weighted by molar-refractivity contribution is 6.30. The lowest BCUT2D eigenvalue weighted by Crippen LogP contribution is -2.29. The van der Waals surface area contributed by atoms with Crippen molar-refractivity contribution >= 4 is 17.5 Å². The van der Waals surface area contributed by atoms with Crippen molar-refractivity contribution in [3.63, 3.8) is 0 Å². The number of nitrogens with one attached hydrogen (secondary N) is 1. The maximum atomic E-state index is 12.0. The van der Waals surface area contributed by atoms with E-state index < -0.39 is 12.0 Å². The lowest BCUT2D eigenvalue weighted by atomic mass is 9.92. The predicted molar refractivity (Wildman–Crippen MR) is 117 cm³/mol. The fraction of sp³-hybridized carbons (Fsp3) is 0.250. The fourth-order valence-corrected chi connectivity index (χ4v) is 3.61. The van der Waals surface area contributed by atoms with Crippen LogP contribution in [0, 0.1) is 5.92 Å². The Morgan fingerprint density at radius 2 is 1.53 bits per heavy atom. The third-order valence-corrected chi connectivity index (χ3v) is 5.47. The Morgan fingerprint density at radius 1 is 0.933 bits per heavy atom. The average Bonchev–Trinajstić information content (AvgIpc) is 2.79. The third kappa shape index (κ3) is 6.13. The van der Waals surface area contributed by atoms with Crippen LogP contribution in [0.5, 0.6) is 0 Å². The van der Waals surface area contributed by atoms with Gasteiger partial charge in [-0.25, -0.2) is 5.48 Å². The van der Waals surface area contributed by atoms with E-state index >= 15 is 0 Å². The van der Waals surface area contributed by atoms with E-state index in [-0.39, 0.29) is 5.92 Å². The monoisotopic (exact) mass is 424 g/mol. The number of hydroxylamine groups is 1. The summed E-state index contributed by atoms with van der Waals surface area (Å²) in [5.74, 6) is -0.773. The van der Waals surface area contributed by atoms with Crippen LogP contribution in [0.15, 0.2) is 73.1 Å². The molecule has 1 aromatic heterocycles. The summed E-state index contributed by atoms with van der Waals surface area (Å²) in [6.45, 7) is 0. The molecule has 3 rings (SSSR count). The second-order valence-corrected chi connectivity index (χ2v) is 7.74. The maximum absolute atomic E-state index is 12.0. The van der Waals surface area contributed by atoms with E-state index in [9.17, 15) is 9.90 Å². The number of aromatic nitrogens is 1. The van der Waals surface area contributed by atoms with E-state index in [1.807, 2.05) is 60.7 Å². The van der Waals surface area contributed by atoms with E-state index in [0.717, 1.165) is 22.3 Å². The largest absolute Gasteiger partial charge is 0.388 e. The zero-order valence-corrected chi connectivity index (χ0v) is 17.3. The average molecular weight is 425 g/mol. The van der Waals surface area contributed by atoms with Gasteiger partial charge in [0.1, 0.15) is 0 Å². The number of amides is 1. The number of carbonyl (C=O) groups is 1. The minimum atomic E-state index is -0.608. The molecule has 2 unspecified atom stereocenters. The van der Waals surface area contributed by atoms with Gasteiger partial charge in [-0.15, -0.1) is 0 Å². The van der Waals surface area contributed by atoms with Gasteiger partial charge in [-0.1, -0.05) is 48.0 Å². The Kier molecular flexibility index (Phi) is 7.97. The number of aliphatic hydroxyl groups is 1. The van der Waals surface area contributed by atoms with Crippen molar-refractivity contribution < 1.29 is 15.1 Å². The predicted octanol–water partition coefficient (Wildman–Crippen LogP) is 4.97. The van der Waals surface area contributed by atoms with E-state index in [4.69, 9.17) is 16.8 Å². The molecule has 0 aliphatic heterocycles. The van der Waals surface area contributed by atoms with Crippen molar-refractivity contribution in [1.82, 2.24) is 10.5 Å². The van der Waals surface area contributed by atoms with Crippen LogP contribution < -0.4 is 5.48 Å². The topological polar surface area (TPSA) is 82.5 Å². The Bertz CT molecular complexity index is 931. The molecule has 0 radical (unpaired) electrons. The minimum Gasteiger partial charge on any atom is -0.388 e. The third-order valence-electron chi connectivity index (χ3n) is 5.22. The van der Waals surface area contributed by atoms with Crippen molar-refractivity contribution in [2.24, 2.45) is 5.92 Å². The number of rotatable bonds is 9. The lowest BCUT2D eigenvalue weighted by molar-refractivity contribution is -0.133. The van der Waals surface area contributed by atoms with Crippen LogP contribution in [0.4, 0.5) is 0 Å². The summed E-state index contributed by atoms with van der Waals surface area (Å²) in [6.07, 6.45) is 5.02.